The number of benzene rings is 1. The predicted molar refractivity (Wildman–Crippen MR) is 77.2 cm³/mol. The van der Waals surface area contributed by atoms with E-state index >= 15 is 0 Å². The first-order valence-corrected chi connectivity index (χ1v) is 6.79. The molecule has 0 spiro atoms. The predicted octanol–water partition coefficient (Wildman–Crippen LogP) is 2.01. The SMILES string of the molecule is CCC(Oc1ccccc1OC)C(=O)NCCCOC. The number of hydrogen-bond donors (Lipinski definition) is 1. The monoisotopic (exact) mass is 281 g/mol. The maximum absolute atomic E-state index is 12.0. The second kappa shape index (κ2) is 9.20. The topological polar surface area (TPSA) is 56.8 Å². The van der Waals surface area contributed by atoms with Gasteiger partial charge >= 0.3 is 0 Å². The molecule has 1 aromatic carbocycles. The van der Waals surface area contributed by atoms with Gasteiger partial charge in [0.15, 0.2) is 17.6 Å². The van der Waals surface area contributed by atoms with Crippen LogP contribution in [0, 0.1) is 0 Å². The average Bonchev–Trinajstić information content (AvgIpc) is 2.49. The first-order valence-electron chi connectivity index (χ1n) is 6.79. The van der Waals surface area contributed by atoms with E-state index in [4.69, 9.17) is 14.2 Å². The molecule has 112 valence electrons. The van der Waals surface area contributed by atoms with E-state index in [1.807, 2.05) is 19.1 Å². The van der Waals surface area contributed by atoms with Crippen molar-refractivity contribution in [2.75, 3.05) is 27.4 Å². The molecule has 0 heterocycles. The van der Waals surface area contributed by atoms with E-state index in [2.05, 4.69) is 5.32 Å². The van der Waals surface area contributed by atoms with Gasteiger partial charge in [0, 0.05) is 20.3 Å². The van der Waals surface area contributed by atoms with Crippen LogP contribution < -0.4 is 14.8 Å². The summed E-state index contributed by atoms with van der Waals surface area (Å²) in [5, 5.41) is 2.84. The first-order chi connectivity index (χ1) is 9.72. The van der Waals surface area contributed by atoms with Crippen molar-refractivity contribution >= 4 is 5.91 Å². The van der Waals surface area contributed by atoms with Crippen LogP contribution >= 0.6 is 0 Å². The molecule has 1 unspecified atom stereocenters. The van der Waals surface area contributed by atoms with Crippen molar-refractivity contribution in [1.82, 2.24) is 5.32 Å². The van der Waals surface area contributed by atoms with Crippen LogP contribution in [0.5, 0.6) is 11.5 Å². The fraction of sp³-hybridized carbons (Fsp3) is 0.533. The molecule has 1 amide bonds. The molecule has 0 radical (unpaired) electrons. The Bertz CT molecular complexity index is 409. The van der Waals surface area contributed by atoms with Gasteiger partial charge in [-0.2, -0.15) is 0 Å². The van der Waals surface area contributed by atoms with Gasteiger partial charge in [-0.15, -0.1) is 0 Å². The Balaban J connectivity index is 2.55. The second-order valence-corrected chi connectivity index (χ2v) is 4.30. The van der Waals surface area contributed by atoms with Crippen molar-refractivity contribution in [2.45, 2.75) is 25.9 Å². The van der Waals surface area contributed by atoms with Crippen LogP contribution in [-0.2, 0) is 9.53 Å². The number of rotatable bonds is 9. The zero-order chi connectivity index (χ0) is 14.8. The van der Waals surface area contributed by atoms with E-state index < -0.39 is 6.10 Å². The van der Waals surface area contributed by atoms with Crippen molar-refractivity contribution in [3.63, 3.8) is 0 Å². The minimum Gasteiger partial charge on any atom is -0.493 e. The lowest BCUT2D eigenvalue weighted by atomic mass is 10.2. The fourth-order valence-corrected chi connectivity index (χ4v) is 1.73. The van der Waals surface area contributed by atoms with E-state index in [1.54, 1.807) is 26.4 Å². The van der Waals surface area contributed by atoms with Crippen LogP contribution in [0.4, 0.5) is 0 Å². The zero-order valence-corrected chi connectivity index (χ0v) is 12.3. The van der Waals surface area contributed by atoms with Crippen molar-refractivity contribution in [3.8, 4) is 11.5 Å². The summed E-state index contributed by atoms with van der Waals surface area (Å²) in [4.78, 5) is 12.0. The number of amides is 1. The lowest BCUT2D eigenvalue weighted by molar-refractivity contribution is -0.128. The smallest absolute Gasteiger partial charge is 0.261 e. The summed E-state index contributed by atoms with van der Waals surface area (Å²) in [5.41, 5.74) is 0. The molecule has 1 rings (SSSR count). The molecule has 5 nitrogen and oxygen atoms in total. The van der Waals surface area contributed by atoms with Gasteiger partial charge < -0.3 is 19.5 Å². The van der Waals surface area contributed by atoms with Crippen LogP contribution in [0.1, 0.15) is 19.8 Å². The molecule has 1 N–H and O–H groups in total. The van der Waals surface area contributed by atoms with E-state index in [0.717, 1.165) is 6.42 Å². The third-order valence-corrected chi connectivity index (χ3v) is 2.83. The van der Waals surface area contributed by atoms with Crippen molar-refractivity contribution in [3.05, 3.63) is 24.3 Å². The largest absolute Gasteiger partial charge is 0.493 e. The number of carbonyl (C=O) groups is 1. The van der Waals surface area contributed by atoms with Gasteiger partial charge in [-0.1, -0.05) is 19.1 Å². The minimum atomic E-state index is -0.520. The highest BCUT2D eigenvalue weighted by Gasteiger charge is 2.19. The molecular weight excluding hydrogens is 258 g/mol. The molecule has 1 aromatic rings. The summed E-state index contributed by atoms with van der Waals surface area (Å²) in [7, 11) is 3.22. The van der Waals surface area contributed by atoms with Crippen molar-refractivity contribution < 1.29 is 19.0 Å². The van der Waals surface area contributed by atoms with E-state index in [-0.39, 0.29) is 5.91 Å². The Kier molecular flexibility index (Phi) is 7.50. The van der Waals surface area contributed by atoms with E-state index in [0.29, 0.717) is 31.1 Å². The zero-order valence-electron chi connectivity index (χ0n) is 12.3. The molecule has 0 aliphatic rings. The Labute approximate surface area is 120 Å². The Morgan fingerprint density at radius 1 is 1.25 bits per heavy atom. The van der Waals surface area contributed by atoms with Crippen molar-refractivity contribution in [1.29, 1.82) is 0 Å². The van der Waals surface area contributed by atoms with Gasteiger partial charge in [0.1, 0.15) is 0 Å². The normalized spacial score (nSPS) is 11.8. The second-order valence-electron chi connectivity index (χ2n) is 4.30. The third-order valence-electron chi connectivity index (χ3n) is 2.83. The number of para-hydroxylation sites is 2. The highest BCUT2D eigenvalue weighted by atomic mass is 16.5. The summed E-state index contributed by atoms with van der Waals surface area (Å²) < 4.78 is 15.9. The lowest BCUT2D eigenvalue weighted by Crippen LogP contribution is -2.38. The molecule has 0 aromatic heterocycles. The molecule has 0 aliphatic carbocycles. The molecule has 20 heavy (non-hydrogen) atoms. The van der Waals surface area contributed by atoms with Gasteiger partial charge in [0.25, 0.3) is 5.91 Å². The van der Waals surface area contributed by atoms with Gasteiger partial charge in [-0.3, -0.25) is 4.79 Å². The summed E-state index contributed by atoms with van der Waals surface area (Å²) in [6, 6.07) is 7.30. The summed E-state index contributed by atoms with van der Waals surface area (Å²) >= 11 is 0. The maximum Gasteiger partial charge on any atom is 0.261 e. The minimum absolute atomic E-state index is 0.116. The van der Waals surface area contributed by atoms with E-state index in [1.165, 1.54) is 0 Å². The highest BCUT2D eigenvalue weighted by Crippen LogP contribution is 2.27. The molecule has 0 bridgehead atoms. The molecule has 0 saturated carbocycles. The maximum atomic E-state index is 12.0. The van der Waals surface area contributed by atoms with Crippen molar-refractivity contribution in [2.24, 2.45) is 0 Å². The van der Waals surface area contributed by atoms with Crippen LogP contribution in [0.15, 0.2) is 24.3 Å². The number of methoxy groups -OCH3 is 2. The summed E-state index contributed by atoms with van der Waals surface area (Å²) in [6.45, 7) is 3.12. The van der Waals surface area contributed by atoms with Crippen LogP contribution in [0.3, 0.4) is 0 Å². The molecule has 0 saturated heterocycles. The number of hydrogen-bond acceptors (Lipinski definition) is 4. The Morgan fingerprint density at radius 2 is 1.95 bits per heavy atom. The standard InChI is InChI=1S/C15H23NO4/c1-4-12(15(17)16-10-7-11-18-2)20-14-9-6-5-8-13(14)19-3/h5-6,8-9,12H,4,7,10-11H2,1-3H3,(H,16,17). The third kappa shape index (κ3) is 5.09. The van der Waals surface area contributed by atoms with Gasteiger partial charge in [-0.25, -0.2) is 0 Å². The quantitative estimate of drug-likeness (QED) is 0.703. The lowest BCUT2D eigenvalue weighted by Gasteiger charge is -2.18. The first kappa shape index (κ1) is 16.3. The number of nitrogens with one attached hydrogen (secondary N) is 1. The fourth-order valence-electron chi connectivity index (χ4n) is 1.73. The van der Waals surface area contributed by atoms with Gasteiger partial charge in [0.05, 0.1) is 7.11 Å². The molecule has 0 aliphatic heterocycles. The highest BCUT2D eigenvalue weighted by molar-refractivity contribution is 5.81. The Hall–Kier alpha value is -1.75. The van der Waals surface area contributed by atoms with Gasteiger partial charge in [-0.05, 0) is 25.0 Å². The van der Waals surface area contributed by atoms with Crippen LogP contribution in [-0.4, -0.2) is 39.4 Å². The summed E-state index contributed by atoms with van der Waals surface area (Å²) in [6.07, 6.45) is 0.857. The molecular formula is C15H23NO4. The average molecular weight is 281 g/mol. The molecule has 0 fully saturated rings. The molecule has 1 atom stereocenters. The summed E-state index contributed by atoms with van der Waals surface area (Å²) in [5.74, 6) is 1.08. The van der Waals surface area contributed by atoms with Crippen LogP contribution in [0.2, 0.25) is 0 Å². The van der Waals surface area contributed by atoms with Gasteiger partial charge in [0.2, 0.25) is 0 Å². The number of ether oxygens (including phenoxy) is 3. The van der Waals surface area contributed by atoms with Crippen LogP contribution in [0.25, 0.3) is 0 Å². The number of carbonyl (C=O) groups excluding carboxylic acids is 1. The van der Waals surface area contributed by atoms with E-state index in [9.17, 15) is 4.79 Å². The Morgan fingerprint density at radius 3 is 2.55 bits per heavy atom. The molecule has 5 heteroatoms.